The molecule has 6 heteroatoms. The second-order valence-corrected chi connectivity index (χ2v) is 6.44. The number of hydrogen-bond acceptors (Lipinski definition) is 4. The Kier molecular flexibility index (Phi) is 4.32. The van der Waals surface area contributed by atoms with Gasteiger partial charge in [-0.15, -0.1) is 0 Å². The Balaban J connectivity index is 1.77. The summed E-state index contributed by atoms with van der Waals surface area (Å²) in [6.07, 6.45) is 0.398. The molecule has 2 aromatic rings. The molecule has 0 spiro atoms. The fourth-order valence-electron chi connectivity index (χ4n) is 3.30. The molecule has 2 atom stereocenters. The van der Waals surface area contributed by atoms with E-state index in [1.165, 1.54) is 7.11 Å². The lowest BCUT2D eigenvalue weighted by Gasteiger charge is -2.25. The first-order valence-corrected chi connectivity index (χ1v) is 7.96. The molecule has 0 aliphatic carbocycles. The van der Waals surface area contributed by atoms with Gasteiger partial charge in [0, 0.05) is 25.6 Å². The van der Waals surface area contributed by atoms with E-state index < -0.39 is 17.3 Å². The van der Waals surface area contributed by atoms with Gasteiger partial charge in [0.15, 0.2) is 0 Å². The van der Waals surface area contributed by atoms with Crippen molar-refractivity contribution in [1.82, 2.24) is 4.90 Å². The van der Waals surface area contributed by atoms with Crippen LogP contribution < -0.4 is 0 Å². The second kappa shape index (κ2) is 6.28. The number of ether oxygens (including phenoxy) is 1. The number of fused-ring (bicyclic) bond motifs is 1. The first kappa shape index (κ1) is 16.5. The molecule has 1 N–H and O–H groups in total. The molecule has 1 saturated heterocycles. The van der Waals surface area contributed by atoms with Gasteiger partial charge in [-0.1, -0.05) is 18.2 Å². The number of carboxylic acids is 1. The summed E-state index contributed by atoms with van der Waals surface area (Å²) in [6, 6.07) is 9.46. The normalized spacial score (nSPS) is 22.0. The molecule has 1 aromatic carbocycles. The summed E-state index contributed by atoms with van der Waals surface area (Å²) in [6.45, 7) is 2.47. The molecule has 6 nitrogen and oxygen atoms in total. The third kappa shape index (κ3) is 2.78. The Morgan fingerprint density at radius 2 is 2.17 bits per heavy atom. The monoisotopic (exact) mass is 331 g/mol. The van der Waals surface area contributed by atoms with Crippen molar-refractivity contribution >= 4 is 22.8 Å². The number of nitrogens with zero attached hydrogens (tertiary/aromatic N) is 1. The van der Waals surface area contributed by atoms with Gasteiger partial charge < -0.3 is 19.2 Å². The third-order valence-electron chi connectivity index (χ3n) is 4.78. The molecule has 24 heavy (non-hydrogen) atoms. The minimum absolute atomic E-state index is 0.102. The number of amides is 1. The summed E-state index contributed by atoms with van der Waals surface area (Å²) in [7, 11) is 1.48. The van der Waals surface area contributed by atoms with Crippen LogP contribution in [0, 0.1) is 5.41 Å². The van der Waals surface area contributed by atoms with E-state index in [2.05, 4.69) is 0 Å². The average Bonchev–Trinajstić information content (AvgIpc) is 3.18. The number of furan rings is 1. The number of carbonyl (C=O) groups excluding carboxylic acids is 1. The summed E-state index contributed by atoms with van der Waals surface area (Å²) >= 11 is 0. The van der Waals surface area contributed by atoms with Crippen molar-refractivity contribution in [2.45, 2.75) is 19.3 Å². The van der Waals surface area contributed by atoms with Crippen LogP contribution >= 0.6 is 0 Å². The number of carbonyl (C=O) groups is 2. The first-order valence-electron chi connectivity index (χ1n) is 7.96. The van der Waals surface area contributed by atoms with E-state index in [-0.39, 0.29) is 19.1 Å². The maximum Gasteiger partial charge on any atom is 0.313 e. The maximum atomic E-state index is 12.8. The summed E-state index contributed by atoms with van der Waals surface area (Å²) in [4.78, 5) is 26.0. The molecule has 3 rings (SSSR count). The van der Waals surface area contributed by atoms with Crippen LogP contribution in [-0.2, 0) is 14.3 Å². The van der Waals surface area contributed by atoms with Gasteiger partial charge in [-0.25, -0.2) is 0 Å². The van der Waals surface area contributed by atoms with Gasteiger partial charge in [-0.2, -0.15) is 0 Å². The quantitative estimate of drug-likeness (QED) is 0.910. The predicted octanol–water partition coefficient (Wildman–Crippen LogP) is 2.49. The molecule has 128 valence electrons. The predicted molar refractivity (Wildman–Crippen MR) is 87.8 cm³/mol. The smallest absolute Gasteiger partial charge is 0.313 e. The highest BCUT2D eigenvalue weighted by Crippen LogP contribution is 2.34. The van der Waals surface area contributed by atoms with E-state index in [4.69, 9.17) is 9.15 Å². The van der Waals surface area contributed by atoms with Gasteiger partial charge in [0.1, 0.15) is 16.8 Å². The number of para-hydroxylation sites is 1. The number of hydrogen-bond donors (Lipinski definition) is 1. The molecular weight excluding hydrogens is 310 g/mol. The summed E-state index contributed by atoms with van der Waals surface area (Å²) in [5.74, 6) is -0.894. The zero-order chi connectivity index (χ0) is 17.3. The van der Waals surface area contributed by atoms with Gasteiger partial charge in [-0.3, -0.25) is 9.59 Å². The molecule has 0 radical (unpaired) electrons. The number of likely N-dealkylation sites (tertiary alicyclic amines) is 1. The molecule has 0 saturated carbocycles. The Labute approximate surface area is 140 Å². The van der Waals surface area contributed by atoms with E-state index in [1.807, 2.05) is 30.3 Å². The molecule has 0 bridgehead atoms. The van der Waals surface area contributed by atoms with Gasteiger partial charge in [0.2, 0.25) is 5.91 Å². The van der Waals surface area contributed by atoms with Crippen LogP contribution in [-0.4, -0.2) is 48.7 Å². The second-order valence-electron chi connectivity index (χ2n) is 6.44. The van der Waals surface area contributed by atoms with Crippen LogP contribution in [0.3, 0.4) is 0 Å². The van der Waals surface area contributed by atoms with Crippen molar-refractivity contribution in [3.8, 4) is 0 Å². The summed E-state index contributed by atoms with van der Waals surface area (Å²) in [5.41, 5.74) is -0.272. The van der Waals surface area contributed by atoms with E-state index in [0.717, 1.165) is 11.0 Å². The van der Waals surface area contributed by atoms with Gasteiger partial charge in [-0.05, 0) is 25.5 Å². The minimum Gasteiger partial charge on any atom is -0.481 e. The molecule has 2 heterocycles. The number of carboxylic acid groups (broad SMARTS) is 1. The van der Waals surface area contributed by atoms with Crippen molar-refractivity contribution in [3.63, 3.8) is 0 Å². The van der Waals surface area contributed by atoms with Crippen LogP contribution in [0.4, 0.5) is 0 Å². The maximum absolute atomic E-state index is 12.8. The SMILES string of the molecule is COCC1(C(=O)O)CCN(C(=O)C(C)c2cc3ccccc3o2)C1. The lowest BCUT2D eigenvalue weighted by molar-refractivity contribution is -0.151. The zero-order valence-electron chi connectivity index (χ0n) is 13.8. The highest BCUT2D eigenvalue weighted by Gasteiger charge is 2.47. The fraction of sp³-hybridized carbons (Fsp3) is 0.444. The minimum atomic E-state index is -1.02. The van der Waals surface area contributed by atoms with Crippen molar-refractivity contribution in [3.05, 3.63) is 36.1 Å². The van der Waals surface area contributed by atoms with E-state index in [1.54, 1.807) is 11.8 Å². The Bertz CT molecular complexity index is 735. The van der Waals surface area contributed by atoms with Crippen LogP contribution in [0.1, 0.15) is 25.0 Å². The Morgan fingerprint density at radius 3 is 2.83 bits per heavy atom. The van der Waals surface area contributed by atoms with E-state index in [9.17, 15) is 14.7 Å². The zero-order valence-corrected chi connectivity index (χ0v) is 13.8. The largest absolute Gasteiger partial charge is 0.481 e. The molecular formula is C18H21NO5. The van der Waals surface area contributed by atoms with E-state index in [0.29, 0.717) is 18.7 Å². The lowest BCUT2D eigenvalue weighted by atomic mass is 9.88. The first-order chi connectivity index (χ1) is 11.5. The van der Waals surface area contributed by atoms with Crippen LogP contribution in [0.2, 0.25) is 0 Å². The topological polar surface area (TPSA) is 80.0 Å². The highest BCUT2D eigenvalue weighted by molar-refractivity contribution is 5.87. The lowest BCUT2D eigenvalue weighted by Crippen LogP contribution is -2.41. The molecule has 1 aromatic heterocycles. The number of methoxy groups -OCH3 is 1. The molecule has 1 fully saturated rings. The van der Waals surface area contributed by atoms with Crippen LogP contribution in [0.15, 0.2) is 34.7 Å². The van der Waals surface area contributed by atoms with Crippen molar-refractivity contribution in [1.29, 1.82) is 0 Å². The number of benzene rings is 1. The molecule has 1 amide bonds. The summed E-state index contributed by atoms with van der Waals surface area (Å²) < 4.78 is 10.8. The average molecular weight is 331 g/mol. The summed E-state index contributed by atoms with van der Waals surface area (Å²) in [5, 5.41) is 10.5. The van der Waals surface area contributed by atoms with Crippen LogP contribution in [0.25, 0.3) is 11.0 Å². The fourth-order valence-corrected chi connectivity index (χ4v) is 3.30. The third-order valence-corrected chi connectivity index (χ3v) is 4.78. The van der Waals surface area contributed by atoms with Crippen molar-refractivity contribution in [2.75, 3.05) is 26.8 Å². The molecule has 1 aliphatic rings. The van der Waals surface area contributed by atoms with Crippen molar-refractivity contribution in [2.24, 2.45) is 5.41 Å². The number of rotatable bonds is 5. The van der Waals surface area contributed by atoms with E-state index >= 15 is 0 Å². The van der Waals surface area contributed by atoms with Crippen LogP contribution in [0.5, 0.6) is 0 Å². The highest BCUT2D eigenvalue weighted by atomic mass is 16.5. The van der Waals surface area contributed by atoms with Gasteiger partial charge >= 0.3 is 5.97 Å². The Morgan fingerprint density at radius 1 is 1.42 bits per heavy atom. The Hall–Kier alpha value is -2.34. The van der Waals surface area contributed by atoms with Crippen molar-refractivity contribution < 1.29 is 23.8 Å². The van der Waals surface area contributed by atoms with Gasteiger partial charge in [0.05, 0.1) is 12.5 Å². The molecule has 2 unspecified atom stereocenters. The standard InChI is InChI=1S/C18H21NO5/c1-12(15-9-13-5-3-4-6-14(13)24-15)16(20)19-8-7-18(10-19,11-23-2)17(21)22/h3-6,9,12H,7-8,10-11H2,1-2H3,(H,21,22). The molecule has 1 aliphatic heterocycles. The number of aliphatic carboxylic acids is 1. The van der Waals surface area contributed by atoms with Gasteiger partial charge in [0.25, 0.3) is 0 Å².